The van der Waals surface area contributed by atoms with Crippen LogP contribution in [0.3, 0.4) is 0 Å². The lowest BCUT2D eigenvalue weighted by molar-refractivity contribution is 0.0701. The quantitative estimate of drug-likeness (QED) is 0.145. The Morgan fingerprint density at radius 2 is 1.28 bits per heavy atom. The van der Waals surface area contributed by atoms with Crippen LogP contribution in [0.2, 0.25) is 0 Å². The van der Waals surface area contributed by atoms with E-state index in [9.17, 15) is 9.59 Å². The van der Waals surface area contributed by atoms with E-state index in [1.807, 2.05) is 0 Å². The lowest BCUT2D eigenvalue weighted by Crippen LogP contribution is -2.48. The van der Waals surface area contributed by atoms with Gasteiger partial charge in [-0.25, -0.2) is 19.9 Å². The summed E-state index contributed by atoms with van der Waals surface area (Å²) in [6, 6.07) is -0.992. The maximum absolute atomic E-state index is 13.4. The average molecular weight is 691 g/mol. The van der Waals surface area contributed by atoms with Gasteiger partial charge in [0.25, 0.3) is 11.8 Å². The molecule has 4 aromatic heterocycles. The summed E-state index contributed by atoms with van der Waals surface area (Å²) >= 11 is 0. The van der Waals surface area contributed by atoms with E-state index in [2.05, 4.69) is 41.2 Å². The Hall–Kier alpha value is -5.62. The van der Waals surface area contributed by atoms with E-state index in [4.69, 9.17) is 38.6 Å². The zero-order valence-corrected chi connectivity index (χ0v) is 27.5. The highest BCUT2D eigenvalue weighted by Gasteiger charge is 2.36. The van der Waals surface area contributed by atoms with Gasteiger partial charge in [0.1, 0.15) is 48.0 Å². The van der Waals surface area contributed by atoms with Crippen LogP contribution in [0.1, 0.15) is 84.0 Å². The topological polar surface area (TPSA) is 257 Å². The molecular weight excluding hydrogens is 652 g/mol. The molecule has 4 aromatic rings. The Morgan fingerprint density at radius 3 is 1.98 bits per heavy atom. The molecule has 0 aliphatic carbocycles. The molecule has 0 saturated heterocycles. The van der Waals surface area contributed by atoms with Crippen LogP contribution in [0.4, 0.5) is 0 Å². The second-order valence-corrected chi connectivity index (χ2v) is 12.1. The van der Waals surface area contributed by atoms with E-state index in [0.29, 0.717) is 54.5 Å². The molecule has 0 fully saturated rings. The molecule has 18 nitrogen and oxygen atoms in total. The lowest BCUT2D eigenvalue weighted by Gasteiger charge is -2.25. The van der Waals surface area contributed by atoms with Gasteiger partial charge in [0.2, 0.25) is 23.6 Å². The smallest absolute Gasteiger partial charge is 0.273 e. The normalized spacial score (nSPS) is 21.7. The van der Waals surface area contributed by atoms with Crippen LogP contribution >= 0.6 is 0 Å². The number of fused-ring (bicyclic) bond motifs is 16. The van der Waals surface area contributed by atoms with Crippen molar-refractivity contribution in [3.63, 3.8) is 0 Å². The molecule has 3 aliphatic rings. The highest BCUT2D eigenvalue weighted by Crippen LogP contribution is 2.31. The number of nitrogens with one attached hydrogen (secondary N) is 4. The van der Waals surface area contributed by atoms with Gasteiger partial charge in [-0.05, 0) is 65.5 Å². The summed E-state index contributed by atoms with van der Waals surface area (Å²) in [5, 5.41) is 12.5. The predicted octanol–water partition coefficient (Wildman–Crippen LogP) is 2.33. The fraction of sp³-hybridized carbons (Fsp3) is 0.438. The van der Waals surface area contributed by atoms with E-state index in [-0.39, 0.29) is 40.6 Å². The van der Waals surface area contributed by atoms with Crippen molar-refractivity contribution in [1.82, 2.24) is 41.2 Å². The monoisotopic (exact) mass is 690 g/mol. The van der Waals surface area contributed by atoms with Crippen molar-refractivity contribution >= 4 is 23.2 Å². The van der Waals surface area contributed by atoms with E-state index in [1.54, 1.807) is 13.8 Å². The van der Waals surface area contributed by atoms with Gasteiger partial charge in [-0.2, -0.15) is 0 Å². The van der Waals surface area contributed by atoms with Gasteiger partial charge in [-0.3, -0.25) is 9.59 Å². The third-order valence-corrected chi connectivity index (χ3v) is 8.52. The number of carbonyl (C=O) groups is 2. The largest absolute Gasteiger partial charge is 0.474 e. The van der Waals surface area contributed by atoms with Crippen molar-refractivity contribution in [1.29, 1.82) is 0 Å². The van der Waals surface area contributed by atoms with Crippen LogP contribution in [-0.4, -0.2) is 69.4 Å². The second-order valence-electron chi connectivity index (χ2n) is 12.1. The van der Waals surface area contributed by atoms with E-state index in [0.717, 1.165) is 25.7 Å². The van der Waals surface area contributed by atoms with Crippen LogP contribution in [0.25, 0.3) is 34.6 Å². The van der Waals surface area contributed by atoms with Crippen molar-refractivity contribution in [2.75, 3.05) is 13.1 Å². The van der Waals surface area contributed by atoms with Gasteiger partial charge in [-0.1, -0.05) is 0 Å². The number of carbonyl (C=O) groups excluding carboxylic acids is 2. The fourth-order valence-electron chi connectivity index (χ4n) is 5.87. The number of nitrogens with two attached hydrogens (primary N) is 2. The summed E-state index contributed by atoms with van der Waals surface area (Å²) in [7, 11) is 0. The van der Waals surface area contributed by atoms with Crippen LogP contribution in [0.5, 0.6) is 0 Å². The molecular formula is C32H38N10O8. The summed E-state index contributed by atoms with van der Waals surface area (Å²) < 4.78 is 35.1. The molecule has 0 unspecified atom stereocenters. The number of nitrogens with zero attached hydrogens (tertiary/aromatic N) is 4. The molecule has 7 rings (SSSR count). The fourth-order valence-corrected chi connectivity index (χ4v) is 5.87. The summed E-state index contributed by atoms with van der Waals surface area (Å²) in [4.78, 5) is 44.8. The highest BCUT2D eigenvalue weighted by molar-refractivity contribution is 5.93. The summed E-state index contributed by atoms with van der Waals surface area (Å²) in [5.74, 6) is 0.578. The molecule has 0 saturated carbocycles. The Kier molecular flexibility index (Phi) is 9.27. The highest BCUT2D eigenvalue weighted by atomic mass is 16.5. The first-order chi connectivity index (χ1) is 24.3. The molecule has 0 radical (unpaired) electrons. The zero-order chi connectivity index (χ0) is 34.8. The Labute approximate surface area is 285 Å². The SMILES string of the molecule is CC1=C2N[C@H](O1)[C@H](CCCCN)NC(=O)c1coc(n1)-c1coc(n1)C1=CO[C@@H](N1)[C@H](CCCCN)NC(=O)c1coc(n1)-c1nc2oc1C. The number of hydrogen-bond acceptors (Lipinski definition) is 16. The van der Waals surface area contributed by atoms with Crippen LogP contribution < -0.4 is 32.7 Å². The minimum absolute atomic E-state index is 0.0432. The maximum Gasteiger partial charge on any atom is 0.273 e. The molecule has 264 valence electrons. The predicted molar refractivity (Wildman–Crippen MR) is 174 cm³/mol. The summed E-state index contributed by atoms with van der Waals surface area (Å²) in [5.41, 5.74) is 13.1. The summed E-state index contributed by atoms with van der Waals surface area (Å²) in [6.07, 6.45) is 8.09. The van der Waals surface area contributed by atoms with Gasteiger partial charge in [0.15, 0.2) is 35.2 Å². The average Bonchev–Trinajstić information content (AvgIpc) is 3.95. The van der Waals surface area contributed by atoms with Gasteiger partial charge in [-0.15, -0.1) is 0 Å². The van der Waals surface area contributed by atoms with Crippen LogP contribution in [-0.2, 0) is 9.47 Å². The number of aromatic nitrogens is 4. The Morgan fingerprint density at radius 1 is 0.680 bits per heavy atom. The number of allylic oxidation sites excluding steroid dienone is 1. The molecule has 3 aliphatic heterocycles. The van der Waals surface area contributed by atoms with E-state index in [1.165, 1.54) is 25.1 Å². The molecule has 0 spiro atoms. The van der Waals surface area contributed by atoms with Crippen molar-refractivity contribution in [3.05, 3.63) is 59.7 Å². The number of amides is 2. The van der Waals surface area contributed by atoms with Gasteiger partial charge in [0.05, 0.1) is 12.1 Å². The molecule has 12 bridgehead atoms. The molecule has 4 atom stereocenters. The zero-order valence-electron chi connectivity index (χ0n) is 27.5. The third-order valence-electron chi connectivity index (χ3n) is 8.52. The van der Waals surface area contributed by atoms with Gasteiger partial charge >= 0.3 is 0 Å². The van der Waals surface area contributed by atoms with Crippen LogP contribution in [0, 0.1) is 6.92 Å². The van der Waals surface area contributed by atoms with Crippen molar-refractivity contribution in [2.24, 2.45) is 11.5 Å². The summed E-state index contributed by atoms with van der Waals surface area (Å²) in [6.45, 7) is 4.49. The number of aryl methyl sites for hydroxylation is 1. The van der Waals surface area contributed by atoms with Crippen molar-refractivity contribution in [3.8, 4) is 23.2 Å². The molecule has 2 amide bonds. The Balaban J connectivity index is 1.22. The third kappa shape index (κ3) is 6.66. The Bertz CT molecular complexity index is 1920. The second kappa shape index (κ2) is 14.1. The van der Waals surface area contributed by atoms with Crippen molar-refractivity contribution in [2.45, 2.75) is 76.9 Å². The molecule has 8 N–H and O–H groups in total. The number of oxazole rings is 4. The van der Waals surface area contributed by atoms with E-state index < -0.39 is 36.4 Å². The molecule has 0 aromatic carbocycles. The number of hydrogen-bond donors (Lipinski definition) is 6. The van der Waals surface area contributed by atoms with Crippen LogP contribution in [0.15, 0.2) is 48.5 Å². The van der Waals surface area contributed by atoms with Crippen molar-refractivity contribution < 1.29 is 36.7 Å². The first kappa shape index (κ1) is 32.9. The molecule has 18 heteroatoms. The minimum atomic E-state index is -0.662. The van der Waals surface area contributed by atoms with Gasteiger partial charge < -0.3 is 59.9 Å². The first-order valence-corrected chi connectivity index (χ1v) is 16.4. The molecule has 50 heavy (non-hydrogen) atoms. The number of unbranched alkanes of at least 4 members (excludes halogenated alkanes) is 2. The maximum atomic E-state index is 13.4. The number of ether oxygens (including phenoxy) is 2. The van der Waals surface area contributed by atoms with Gasteiger partial charge in [0, 0.05) is 0 Å². The number of rotatable bonds is 8. The lowest BCUT2D eigenvalue weighted by atomic mass is 10.1. The standard InChI is InChI=1S/C32H38N10O8/c1-15-23-31-38-20(12-48-31)26(44)35-17(7-3-5-9-33)27-39-22(13-46-27)29-40-21(14-47-29)28-37-19(11-45-28)25(43)36-18(8-4-6-10-34)30-41-24(16(2)49-30)32(42-23)50-15/h11-14,17-18,27,30,39,41H,3-10,33-34H2,1-2H3,(H,35,44)(H,36,43)/t17-,18-,27+,30+/m0/s1. The molecule has 7 heterocycles. The minimum Gasteiger partial charge on any atom is -0.474 e. The van der Waals surface area contributed by atoms with E-state index >= 15 is 0 Å². The first-order valence-electron chi connectivity index (χ1n) is 16.4.